The number of benzene rings is 1. The number of carboxylic acid groups (broad SMARTS) is 1. The summed E-state index contributed by atoms with van der Waals surface area (Å²) in [5.74, 6) is -2.26. The number of oxime groups is 1. The SMILES string of the molecule is NC(=N\[C@H]1Cc2cccc(C(=O)O)c2OB1O)/C(=N\OCC(=O)N1CCNCC1)c1csc(N)n1. The number of aromatic carboxylic acids is 1. The van der Waals surface area contributed by atoms with Gasteiger partial charge in [0.1, 0.15) is 23.2 Å². The van der Waals surface area contributed by atoms with Crippen molar-refractivity contribution < 1.29 is 29.2 Å². The first-order valence-electron chi connectivity index (χ1n) is 10.8. The molecule has 35 heavy (non-hydrogen) atoms. The number of para-hydroxylation sites is 1. The Morgan fingerprint density at radius 2 is 2.14 bits per heavy atom. The van der Waals surface area contributed by atoms with Crippen LogP contribution in [0.3, 0.4) is 0 Å². The number of aliphatic imine (C=N–C) groups is 1. The van der Waals surface area contributed by atoms with Gasteiger partial charge in [0.05, 0.1) is 5.56 Å². The van der Waals surface area contributed by atoms with Crippen LogP contribution in [0.5, 0.6) is 5.75 Å². The minimum absolute atomic E-state index is 0.0448. The predicted molar refractivity (Wildman–Crippen MR) is 130 cm³/mol. The highest BCUT2D eigenvalue weighted by atomic mass is 32.1. The summed E-state index contributed by atoms with van der Waals surface area (Å²) in [6.45, 7) is 2.28. The summed E-state index contributed by atoms with van der Waals surface area (Å²) < 4.78 is 5.46. The number of carbonyl (C=O) groups excluding carboxylic acids is 1. The molecule has 2 aliphatic heterocycles. The highest BCUT2D eigenvalue weighted by molar-refractivity contribution is 7.13. The Kier molecular flexibility index (Phi) is 7.48. The molecule has 7 N–H and O–H groups in total. The number of amides is 1. The molecule has 0 saturated carbocycles. The number of nitrogen functional groups attached to an aromatic ring is 1. The van der Waals surface area contributed by atoms with Crippen molar-refractivity contribution in [2.75, 3.05) is 38.5 Å². The lowest BCUT2D eigenvalue weighted by Gasteiger charge is -2.27. The van der Waals surface area contributed by atoms with Crippen molar-refractivity contribution >= 4 is 47.0 Å². The number of rotatable bonds is 7. The maximum absolute atomic E-state index is 12.4. The lowest BCUT2D eigenvalue weighted by Crippen LogP contribution is -2.47. The summed E-state index contributed by atoms with van der Waals surface area (Å²) >= 11 is 1.16. The number of carbonyl (C=O) groups is 2. The van der Waals surface area contributed by atoms with Crippen molar-refractivity contribution in [1.29, 1.82) is 0 Å². The number of carboxylic acids is 1. The minimum atomic E-state index is -1.45. The zero-order valence-corrected chi connectivity index (χ0v) is 19.4. The van der Waals surface area contributed by atoms with Gasteiger partial charge in [0.25, 0.3) is 5.91 Å². The zero-order valence-electron chi connectivity index (χ0n) is 18.6. The van der Waals surface area contributed by atoms with Crippen molar-refractivity contribution in [3.05, 3.63) is 40.4 Å². The van der Waals surface area contributed by atoms with Crippen LogP contribution in [0.15, 0.2) is 33.7 Å². The molecule has 15 heteroatoms. The topological polar surface area (TPSA) is 198 Å². The van der Waals surface area contributed by atoms with Gasteiger partial charge < -0.3 is 41.3 Å². The fourth-order valence-electron chi connectivity index (χ4n) is 3.71. The highest BCUT2D eigenvalue weighted by Gasteiger charge is 2.37. The van der Waals surface area contributed by atoms with Crippen LogP contribution in [0.25, 0.3) is 0 Å². The maximum atomic E-state index is 12.4. The normalized spacial score (nSPS) is 18.6. The molecular weight excluding hydrogens is 477 g/mol. The average Bonchev–Trinajstić information content (AvgIpc) is 3.27. The van der Waals surface area contributed by atoms with E-state index in [1.54, 1.807) is 22.4 Å². The number of thiazole rings is 1. The molecule has 0 radical (unpaired) electrons. The van der Waals surface area contributed by atoms with Gasteiger partial charge in [0.2, 0.25) is 0 Å². The monoisotopic (exact) mass is 501 g/mol. The Morgan fingerprint density at radius 3 is 2.83 bits per heavy atom. The minimum Gasteiger partial charge on any atom is -0.534 e. The van der Waals surface area contributed by atoms with Crippen LogP contribution in [0.4, 0.5) is 5.13 Å². The van der Waals surface area contributed by atoms with Crippen molar-refractivity contribution in [3.63, 3.8) is 0 Å². The number of amidine groups is 1. The molecule has 0 spiro atoms. The first-order chi connectivity index (χ1) is 16.8. The van der Waals surface area contributed by atoms with Crippen LogP contribution < -0.4 is 21.4 Å². The molecule has 0 bridgehead atoms. The molecule has 1 fully saturated rings. The van der Waals surface area contributed by atoms with Gasteiger partial charge in [-0.05, 0) is 18.1 Å². The standard InChI is InChI=1S/C20H24BN7O6S/c22-18(26-14-8-11-2-1-3-12(19(30)31)17(11)34-21(14)32)16(13-10-35-20(23)25-13)27-33-9-15(29)28-6-4-24-5-7-28/h1-3,10,14,24,32H,4-9H2,(H2,22,26)(H2,23,25)(H,30,31)/b27-16-/t14-/m0/s1. The molecule has 2 aliphatic rings. The second-order valence-electron chi connectivity index (χ2n) is 7.81. The molecular formula is C20H24BN7O6S. The Labute approximate surface area is 204 Å². The number of nitrogens with two attached hydrogens (primary N) is 2. The molecule has 4 rings (SSSR count). The maximum Gasteiger partial charge on any atom is 0.549 e. The summed E-state index contributed by atoms with van der Waals surface area (Å²) in [6.07, 6.45) is 0.174. The van der Waals surface area contributed by atoms with Gasteiger partial charge in [-0.2, -0.15) is 0 Å². The molecule has 1 atom stereocenters. The smallest absolute Gasteiger partial charge is 0.534 e. The summed E-state index contributed by atoms with van der Waals surface area (Å²) in [6, 6.07) is 4.66. The van der Waals surface area contributed by atoms with E-state index in [-0.39, 0.29) is 46.9 Å². The molecule has 1 saturated heterocycles. The first-order valence-corrected chi connectivity index (χ1v) is 11.6. The summed E-state index contributed by atoms with van der Waals surface area (Å²) in [5, 5.41) is 28.9. The molecule has 13 nitrogen and oxygen atoms in total. The van der Waals surface area contributed by atoms with Gasteiger partial charge in [0.15, 0.2) is 17.5 Å². The molecule has 184 valence electrons. The van der Waals surface area contributed by atoms with Crippen molar-refractivity contribution in [2.24, 2.45) is 15.9 Å². The fraction of sp³-hybridized carbons (Fsp3) is 0.350. The van der Waals surface area contributed by atoms with Gasteiger partial charge in [-0.15, -0.1) is 11.3 Å². The van der Waals surface area contributed by atoms with Gasteiger partial charge >= 0.3 is 13.1 Å². The van der Waals surface area contributed by atoms with Crippen LogP contribution in [0, 0.1) is 0 Å². The van der Waals surface area contributed by atoms with E-state index in [1.807, 2.05) is 0 Å². The van der Waals surface area contributed by atoms with E-state index in [2.05, 4.69) is 20.4 Å². The van der Waals surface area contributed by atoms with Gasteiger partial charge in [-0.25, -0.2) is 9.78 Å². The number of nitrogens with one attached hydrogen (secondary N) is 1. The van der Waals surface area contributed by atoms with E-state index >= 15 is 0 Å². The molecule has 0 aliphatic carbocycles. The Bertz CT molecular complexity index is 1170. The van der Waals surface area contributed by atoms with Crippen LogP contribution in [0.2, 0.25) is 0 Å². The molecule has 1 aromatic heterocycles. The van der Waals surface area contributed by atoms with E-state index in [4.69, 9.17) is 21.0 Å². The van der Waals surface area contributed by atoms with Crippen LogP contribution >= 0.6 is 11.3 Å². The molecule has 3 heterocycles. The number of hydrogen-bond donors (Lipinski definition) is 5. The first kappa shape index (κ1) is 24.4. The molecule has 1 aromatic carbocycles. The van der Waals surface area contributed by atoms with Crippen LogP contribution in [-0.2, 0) is 16.1 Å². The highest BCUT2D eigenvalue weighted by Crippen LogP contribution is 2.31. The number of piperazine rings is 1. The molecule has 0 unspecified atom stereocenters. The van der Waals surface area contributed by atoms with Crippen molar-refractivity contribution in [1.82, 2.24) is 15.2 Å². The number of fused-ring (bicyclic) bond motifs is 1. The van der Waals surface area contributed by atoms with Gasteiger partial charge in [0, 0.05) is 31.6 Å². The number of aromatic nitrogens is 1. The zero-order chi connectivity index (χ0) is 24.9. The quantitative estimate of drug-likeness (QED) is 0.135. The molecule has 1 amide bonds. The number of anilines is 1. The largest absolute Gasteiger partial charge is 0.549 e. The summed E-state index contributed by atoms with van der Waals surface area (Å²) in [7, 11) is -1.45. The lowest BCUT2D eigenvalue weighted by atomic mass is 9.72. The Morgan fingerprint density at radius 1 is 1.37 bits per heavy atom. The van der Waals surface area contributed by atoms with E-state index in [0.717, 1.165) is 11.3 Å². The fourth-order valence-corrected chi connectivity index (χ4v) is 4.25. The Hall–Kier alpha value is -3.69. The number of nitrogens with zero attached hydrogens (tertiary/aromatic N) is 4. The second kappa shape index (κ2) is 10.7. The van der Waals surface area contributed by atoms with E-state index < -0.39 is 19.0 Å². The van der Waals surface area contributed by atoms with Crippen molar-refractivity contribution in [3.8, 4) is 5.75 Å². The Balaban J connectivity index is 1.54. The second-order valence-corrected chi connectivity index (χ2v) is 8.70. The molecule has 2 aromatic rings. The van der Waals surface area contributed by atoms with Crippen LogP contribution in [0.1, 0.15) is 21.6 Å². The number of hydrogen-bond acceptors (Lipinski definition) is 11. The van der Waals surface area contributed by atoms with Gasteiger partial charge in [-0.1, -0.05) is 17.3 Å². The predicted octanol–water partition coefficient (Wildman–Crippen LogP) is -1.04. The van der Waals surface area contributed by atoms with E-state index in [1.165, 1.54) is 6.07 Å². The average molecular weight is 501 g/mol. The summed E-state index contributed by atoms with van der Waals surface area (Å²) in [5.41, 5.74) is 12.8. The van der Waals surface area contributed by atoms with E-state index in [0.29, 0.717) is 37.4 Å². The van der Waals surface area contributed by atoms with Crippen LogP contribution in [-0.4, -0.2) is 89.3 Å². The van der Waals surface area contributed by atoms with Gasteiger partial charge in [-0.3, -0.25) is 9.79 Å². The summed E-state index contributed by atoms with van der Waals surface area (Å²) in [4.78, 5) is 39.3. The third-order valence-corrected chi connectivity index (χ3v) is 6.12. The lowest BCUT2D eigenvalue weighted by molar-refractivity contribution is -0.136. The third kappa shape index (κ3) is 5.70. The third-order valence-electron chi connectivity index (χ3n) is 5.45. The van der Waals surface area contributed by atoms with Crippen molar-refractivity contribution in [2.45, 2.75) is 12.4 Å². The van der Waals surface area contributed by atoms with E-state index in [9.17, 15) is 19.7 Å².